The molecule has 0 saturated heterocycles. The van der Waals surface area contributed by atoms with Gasteiger partial charge in [0.1, 0.15) is 6.04 Å². The lowest BCUT2D eigenvalue weighted by molar-refractivity contribution is -0.212. The van der Waals surface area contributed by atoms with Gasteiger partial charge in [0.25, 0.3) is 0 Å². The summed E-state index contributed by atoms with van der Waals surface area (Å²) in [4.78, 5) is 11.4. The Hall–Kier alpha value is -0.570. The fourth-order valence-corrected chi connectivity index (χ4v) is 3.21. The molecule has 0 aromatic heterocycles. The molecule has 74 valence electrons. The summed E-state index contributed by atoms with van der Waals surface area (Å²) in [6.45, 7) is 4.50. The minimum Gasteiger partial charge on any atom is -0.465 e. The SMILES string of the molecule is CCOC(=O)[C@H](N)C12CC(C)(C1)C2. The van der Waals surface area contributed by atoms with Gasteiger partial charge < -0.3 is 10.5 Å². The van der Waals surface area contributed by atoms with E-state index < -0.39 is 0 Å². The molecule has 0 aromatic carbocycles. The first kappa shape index (κ1) is 9.00. The largest absolute Gasteiger partial charge is 0.465 e. The highest BCUT2D eigenvalue weighted by Gasteiger charge is 2.68. The quantitative estimate of drug-likeness (QED) is 0.666. The second-order valence-electron chi connectivity index (χ2n) is 4.93. The third-order valence-corrected chi connectivity index (χ3v) is 3.54. The average molecular weight is 183 g/mol. The summed E-state index contributed by atoms with van der Waals surface area (Å²) in [5.74, 6) is -0.218. The summed E-state index contributed by atoms with van der Waals surface area (Å²) in [7, 11) is 0. The molecule has 2 N–H and O–H groups in total. The van der Waals surface area contributed by atoms with Crippen molar-refractivity contribution in [1.29, 1.82) is 0 Å². The van der Waals surface area contributed by atoms with Crippen LogP contribution in [-0.4, -0.2) is 18.6 Å². The molecule has 0 heterocycles. The summed E-state index contributed by atoms with van der Waals surface area (Å²) < 4.78 is 4.92. The molecule has 0 radical (unpaired) electrons. The van der Waals surface area contributed by atoms with Crippen molar-refractivity contribution < 1.29 is 9.53 Å². The third kappa shape index (κ3) is 1.10. The van der Waals surface area contributed by atoms with Crippen LogP contribution in [0.2, 0.25) is 0 Å². The molecule has 0 unspecified atom stereocenters. The Morgan fingerprint density at radius 2 is 2.08 bits per heavy atom. The normalized spacial score (nSPS) is 43.0. The van der Waals surface area contributed by atoms with Crippen LogP contribution in [0.5, 0.6) is 0 Å². The van der Waals surface area contributed by atoms with E-state index in [1.165, 1.54) is 0 Å². The van der Waals surface area contributed by atoms with Gasteiger partial charge in [0.2, 0.25) is 0 Å². The van der Waals surface area contributed by atoms with Gasteiger partial charge in [-0.1, -0.05) is 6.92 Å². The number of hydrogen-bond acceptors (Lipinski definition) is 3. The molecule has 3 saturated carbocycles. The van der Waals surface area contributed by atoms with Crippen molar-refractivity contribution in [2.75, 3.05) is 6.61 Å². The van der Waals surface area contributed by atoms with Gasteiger partial charge in [0, 0.05) is 0 Å². The number of ether oxygens (including phenoxy) is 1. The molecule has 0 spiro atoms. The predicted molar refractivity (Wildman–Crippen MR) is 49.0 cm³/mol. The Kier molecular flexibility index (Phi) is 1.71. The smallest absolute Gasteiger partial charge is 0.323 e. The monoisotopic (exact) mass is 183 g/mol. The summed E-state index contributed by atoms with van der Waals surface area (Å²) in [6.07, 6.45) is 3.33. The molecule has 0 aromatic rings. The molecule has 3 aliphatic carbocycles. The van der Waals surface area contributed by atoms with Gasteiger partial charge in [-0.3, -0.25) is 4.79 Å². The van der Waals surface area contributed by atoms with Crippen LogP contribution in [0.4, 0.5) is 0 Å². The van der Waals surface area contributed by atoms with Gasteiger partial charge in [-0.25, -0.2) is 0 Å². The van der Waals surface area contributed by atoms with Crippen molar-refractivity contribution in [3.63, 3.8) is 0 Å². The highest BCUT2D eigenvalue weighted by Crippen LogP contribution is 2.74. The maximum atomic E-state index is 11.4. The zero-order valence-electron chi connectivity index (χ0n) is 8.30. The standard InChI is InChI=1S/C10H17NO2/c1-3-13-8(12)7(11)10-4-9(2,5-10)6-10/h7H,3-6,11H2,1-2H3/t7-,9?,10?/m0/s1. The fraction of sp³-hybridized carbons (Fsp3) is 0.900. The van der Waals surface area contributed by atoms with Crippen LogP contribution < -0.4 is 5.73 Å². The fourth-order valence-electron chi connectivity index (χ4n) is 3.21. The second-order valence-corrected chi connectivity index (χ2v) is 4.93. The summed E-state index contributed by atoms with van der Waals surface area (Å²) in [6, 6.07) is -0.380. The lowest BCUT2D eigenvalue weighted by atomic mass is 9.34. The van der Waals surface area contributed by atoms with E-state index in [2.05, 4.69) is 6.92 Å². The molecule has 3 nitrogen and oxygen atoms in total. The van der Waals surface area contributed by atoms with E-state index in [9.17, 15) is 4.79 Å². The van der Waals surface area contributed by atoms with Gasteiger partial charge in [-0.05, 0) is 37.0 Å². The van der Waals surface area contributed by atoms with Crippen LogP contribution in [0.15, 0.2) is 0 Å². The van der Waals surface area contributed by atoms with Gasteiger partial charge >= 0.3 is 5.97 Å². The lowest BCUT2D eigenvalue weighted by Crippen LogP contribution is -2.69. The van der Waals surface area contributed by atoms with Crippen molar-refractivity contribution in [3.05, 3.63) is 0 Å². The van der Waals surface area contributed by atoms with E-state index in [-0.39, 0.29) is 17.4 Å². The molecular formula is C10H17NO2. The minimum absolute atomic E-state index is 0.112. The van der Waals surface area contributed by atoms with Crippen molar-refractivity contribution in [3.8, 4) is 0 Å². The Morgan fingerprint density at radius 3 is 2.46 bits per heavy atom. The van der Waals surface area contributed by atoms with Crippen LogP contribution in [0.25, 0.3) is 0 Å². The molecule has 1 atom stereocenters. The van der Waals surface area contributed by atoms with E-state index in [1.807, 2.05) is 6.92 Å². The Labute approximate surface area is 78.6 Å². The summed E-state index contributed by atoms with van der Waals surface area (Å²) in [5.41, 5.74) is 6.48. The molecule has 3 rings (SSSR count). The topological polar surface area (TPSA) is 52.3 Å². The Bertz CT molecular complexity index is 230. The molecule has 13 heavy (non-hydrogen) atoms. The van der Waals surface area contributed by atoms with Crippen molar-refractivity contribution in [1.82, 2.24) is 0 Å². The minimum atomic E-state index is -0.380. The number of rotatable bonds is 3. The molecule has 0 aliphatic heterocycles. The number of hydrogen-bond donors (Lipinski definition) is 1. The van der Waals surface area contributed by atoms with E-state index in [4.69, 9.17) is 10.5 Å². The van der Waals surface area contributed by atoms with Crippen LogP contribution in [0, 0.1) is 10.8 Å². The van der Waals surface area contributed by atoms with E-state index in [0.29, 0.717) is 12.0 Å². The maximum absolute atomic E-state index is 11.4. The highest BCUT2D eigenvalue weighted by atomic mass is 16.5. The highest BCUT2D eigenvalue weighted by molar-refractivity contribution is 5.77. The summed E-state index contributed by atoms with van der Waals surface area (Å²) in [5, 5.41) is 0. The predicted octanol–water partition coefficient (Wildman–Crippen LogP) is 1.07. The van der Waals surface area contributed by atoms with E-state index in [1.54, 1.807) is 0 Å². The Morgan fingerprint density at radius 1 is 1.54 bits per heavy atom. The van der Waals surface area contributed by atoms with E-state index in [0.717, 1.165) is 19.3 Å². The van der Waals surface area contributed by atoms with Crippen molar-refractivity contribution >= 4 is 5.97 Å². The number of esters is 1. The third-order valence-electron chi connectivity index (χ3n) is 3.54. The average Bonchev–Trinajstić information content (AvgIpc) is 1.96. The molecule has 2 bridgehead atoms. The molecular weight excluding hydrogens is 166 g/mol. The number of carbonyl (C=O) groups is 1. The van der Waals surface area contributed by atoms with Gasteiger partial charge in [0.15, 0.2) is 0 Å². The summed E-state index contributed by atoms with van der Waals surface area (Å²) >= 11 is 0. The maximum Gasteiger partial charge on any atom is 0.323 e. The number of carbonyl (C=O) groups excluding carboxylic acids is 1. The number of nitrogens with two attached hydrogens (primary N) is 1. The zero-order valence-corrected chi connectivity index (χ0v) is 8.30. The van der Waals surface area contributed by atoms with Crippen LogP contribution in [0.3, 0.4) is 0 Å². The molecule has 3 aliphatic rings. The van der Waals surface area contributed by atoms with Crippen LogP contribution in [0.1, 0.15) is 33.1 Å². The van der Waals surface area contributed by atoms with Crippen molar-refractivity contribution in [2.24, 2.45) is 16.6 Å². The molecule has 0 amide bonds. The Balaban J connectivity index is 1.92. The second kappa shape index (κ2) is 2.47. The lowest BCUT2D eigenvalue weighted by Gasteiger charge is -2.71. The first-order valence-corrected chi connectivity index (χ1v) is 4.94. The van der Waals surface area contributed by atoms with Crippen LogP contribution in [-0.2, 0) is 9.53 Å². The molecule has 3 heteroatoms. The zero-order chi connectivity index (χ0) is 9.69. The molecule has 3 fully saturated rings. The van der Waals surface area contributed by atoms with Crippen LogP contribution >= 0.6 is 0 Å². The van der Waals surface area contributed by atoms with Gasteiger partial charge in [-0.15, -0.1) is 0 Å². The van der Waals surface area contributed by atoms with Gasteiger partial charge in [-0.2, -0.15) is 0 Å². The van der Waals surface area contributed by atoms with Gasteiger partial charge in [0.05, 0.1) is 6.61 Å². The van der Waals surface area contributed by atoms with E-state index >= 15 is 0 Å². The van der Waals surface area contributed by atoms with Crippen molar-refractivity contribution in [2.45, 2.75) is 39.2 Å². The first-order chi connectivity index (χ1) is 6.01. The first-order valence-electron chi connectivity index (χ1n) is 4.94.